The van der Waals surface area contributed by atoms with Crippen molar-refractivity contribution in [1.82, 2.24) is 4.98 Å². The molecule has 0 radical (unpaired) electrons. The van der Waals surface area contributed by atoms with Gasteiger partial charge >= 0.3 is 0 Å². The Morgan fingerprint density at radius 3 is 2.60 bits per heavy atom. The van der Waals surface area contributed by atoms with Crippen LogP contribution in [-0.4, -0.2) is 12.1 Å². The quantitative estimate of drug-likeness (QED) is 0.587. The number of methoxy groups -OCH3 is 1. The van der Waals surface area contributed by atoms with Gasteiger partial charge in [-0.05, 0) is 25.5 Å². The first-order chi connectivity index (χ1) is 4.75. The molecule has 0 atom stereocenters. The van der Waals surface area contributed by atoms with Crippen molar-refractivity contribution in [3.05, 3.63) is 23.4 Å². The molecule has 0 aliphatic carbocycles. The first-order valence-electron chi connectivity index (χ1n) is 3.22. The van der Waals surface area contributed by atoms with Crippen molar-refractivity contribution < 1.29 is 4.74 Å². The minimum Gasteiger partial charge on any atom is -0.481 e. The van der Waals surface area contributed by atoms with Gasteiger partial charge in [-0.1, -0.05) is 0 Å². The highest BCUT2D eigenvalue weighted by molar-refractivity contribution is 5.31. The largest absolute Gasteiger partial charge is 0.481 e. The molecule has 2 heteroatoms. The number of hydrogen-bond acceptors (Lipinski definition) is 2. The molecule has 1 rings (SSSR count). The van der Waals surface area contributed by atoms with Crippen LogP contribution in [0.1, 0.15) is 11.1 Å². The predicted octanol–water partition coefficient (Wildman–Crippen LogP) is 1.71. The summed E-state index contributed by atoms with van der Waals surface area (Å²) in [5.41, 5.74) is 2.33. The van der Waals surface area contributed by atoms with Gasteiger partial charge in [-0.25, -0.2) is 4.98 Å². The molecule has 0 aliphatic heterocycles. The summed E-state index contributed by atoms with van der Waals surface area (Å²) in [6.07, 6.45) is 1.75. The lowest BCUT2D eigenvalue weighted by Gasteiger charge is -2.03. The first-order valence-corrected chi connectivity index (χ1v) is 3.22. The van der Waals surface area contributed by atoms with Crippen LogP contribution in [0, 0.1) is 13.8 Å². The van der Waals surface area contributed by atoms with Gasteiger partial charge in [0.1, 0.15) is 0 Å². The Balaban J connectivity index is 3.14. The summed E-state index contributed by atoms with van der Waals surface area (Å²) >= 11 is 0. The molecule has 1 aromatic rings. The van der Waals surface area contributed by atoms with Crippen LogP contribution in [0.25, 0.3) is 0 Å². The number of rotatable bonds is 1. The van der Waals surface area contributed by atoms with E-state index in [4.69, 9.17) is 4.74 Å². The van der Waals surface area contributed by atoms with Crippen molar-refractivity contribution in [2.24, 2.45) is 0 Å². The van der Waals surface area contributed by atoms with E-state index in [-0.39, 0.29) is 0 Å². The van der Waals surface area contributed by atoms with E-state index in [0.29, 0.717) is 0 Å². The van der Waals surface area contributed by atoms with Crippen LogP contribution in [0.2, 0.25) is 0 Å². The van der Waals surface area contributed by atoms with Gasteiger partial charge < -0.3 is 4.74 Å². The number of ether oxygens (including phenoxy) is 1. The van der Waals surface area contributed by atoms with E-state index >= 15 is 0 Å². The Morgan fingerprint density at radius 1 is 1.40 bits per heavy atom. The zero-order chi connectivity index (χ0) is 7.56. The SMILES string of the molecule is COc1nccc(C)c1C. The smallest absolute Gasteiger partial charge is 0.216 e. The maximum atomic E-state index is 5.01. The molecule has 0 fully saturated rings. The second-order valence-corrected chi connectivity index (χ2v) is 2.26. The van der Waals surface area contributed by atoms with Crippen molar-refractivity contribution >= 4 is 0 Å². The molecule has 0 unspecified atom stereocenters. The molecule has 0 aromatic carbocycles. The highest BCUT2D eigenvalue weighted by atomic mass is 16.5. The molecular formula is C8H11NO. The summed E-state index contributed by atoms with van der Waals surface area (Å²) in [6, 6.07) is 1.97. The lowest BCUT2D eigenvalue weighted by Crippen LogP contribution is -1.92. The van der Waals surface area contributed by atoms with Crippen molar-refractivity contribution in [3.63, 3.8) is 0 Å². The topological polar surface area (TPSA) is 22.1 Å². The summed E-state index contributed by atoms with van der Waals surface area (Å²) in [4.78, 5) is 4.04. The van der Waals surface area contributed by atoms with Crippen molar-refractivity contribution in [2.75, 3.05) is 7.11 Å². The van der Waals surface area contributed by atoms with Crippen LogP contribution in [0.4, 0.5) is 0 Å². The molecule has 0 amide bonds. The van der Waals surface area contributed by atoms with Crippen molar-refractivity contribution in [2.45, 2.75) is 13.8 Å². The van der Waals surface area contributed by atoms with Crippen LogP contribution in [-0.2, 0) is 0 Å². The number of aryl methyl sites for hydroxylation is 1. The van der Waals surface area contributed by atoms with Crippen LogP contribution in [0.3, 0.4) is 0 Å². The molecule has 0 saturated heterocycles. The second kappa shape index (κ2) is 2.69. The third-order valence-corrected chi connectivity index (χ3v) is 1.62. The van der Waals surface area contributed by atoms with E-state index in [1.807, 2.05) is 19.9 Å². The molecule has 0 bridgehead atoms. The van der Waals surface area contributed by atoms with Gasteiger partial charge in [-0.3, -0.25) is 0 Å². The van der Waals surface area contributed by atoms with Gasteiger partial charge in [0.2, 0.25) is 5.88 Å². The fourth-order valence-corrected chi connectivity index (χ4v) is 0.813. The number of nitrogens with zero attached hydrogens (tertiary/aromatic N) is 1. The summed E-state index contributed by atoms with van der Waals surface area (Å²) in [7, 11) is 1.63. The third kappa shape index (κ3) is 1.10. The van der Waals surface area contributed by atoms with E-state index < -0.39 is 0 Å². The Hall–Kier alpha value is -1.05. The fraction of sp³-hybridized carbons (Fsp3) is 0.375. The zero-order valence-electron chi connectivity index (χ0n) is 6.51. The highest BCUT2D eigenvalue weighted by Gasteiger charge is 1.99. The van der Waals surface area contributed by atoms with Gasteiger partial charge in [-0.2, -0.15) is 0 Å². The van der Waals surface area contributed by atoms with Crippen molar-refractivity contribution in [3.8, 4) is 5.88 Å². The van der Waals surface area contributed by atoms with Gasteiger partial charge in [0, 0.05) is 11.8 Å². The summed E-state index contributed by atoms with van der Waals surface area (Å²) in [5, 5.41) is 0. The molecule has 10 heavy (non-hydrogen) atoms. The Bertz CT molecular complexity index is 233. The first kappa shape index (κ1) is 7.06. The standard InChI is InChI=1S/C8H11NO/c1-6-4-5-9-8(10-3)7(6)2/h4-5H,1-3H3. The Kier molecular flexibility index (Phi) is 1.90. The summed E-state index contributed by atoms with van der Waals surface area (Å²) in [5.74, 6) is 0.722. The lowest BCUT2D eigenvalue weighted by molar-refractivity contribution is 0.394. The molecular weight excluding hydrogens is 126 g/mol. The third-order valence-electron chi connectivity index (χ3n) is 1.62. The number of pyridine rings is 1. The van der Waals surface area contributed by atoms with E-state index in [0.717, 1.165) is 11.4 Å². The lowest BCUT2D eigenvalue weighted by atomic mass is 10.2. The van der Waals surface area contributed by atoms with Gasteiger partial charge in [0.25, 0.3) is 0 Å². The van der Waals surface area contributed by atoms with Crippen LogP contribution in [0.15, 0.2) is 12.3 Å². The highest BCUT2D eigenvalue weighted by Crippen LogP contribution is 2.15. The maximum absolute atomic E-state index is 5.01. The Morgan fingerprint density at radius 2 is 2.10 bits per heavy atom. The summed E-state index contributed by atoms with van der Waals surface area (Å²) in [6.45, 7) is 4.04. The fourth-order valence-electron chi connectivity index (χ4n) is 0.813. The van der Waals surface area contributed by atoms with Crippen LogP contribution < -0.4 is 4.74 Å². The molecule has 1 heterocycles. The molecule has 54 valence electrons. The number of hydrogen-bond donors (Lipinski definition) is 0. The minimum atomic E-state index is 0.722. The van der Waals surface area contributed by atoms with E-state index in [1.165, 1.54) is 5.56 Å². The van der Waals surface area contributed by atoms with Gasteiger partial charge in [0.15, 0.2) is 0 Å². The van der Waals surface area contributed by atoms with E-state index in [9.17, 15) is 0 Å². The average molecular weight is 137 g/mol. The summed E-state index contributed by atoms with van der Waals surface area (Å²) < 4.78 is 5.01. The number of aromatic nitrogens is 1. The van der Waals surface area contributed by atoms with E-state index in [2.05, 4.69) is 4.98 Å². The Labute approximate surface area is 60.9 Å². The molecule has 2 nitrogen and oxygen atoms in total. The monoisotopic (exact) mass is 137 g/mol. The zero-order valence-corrected chi connectivity index (χ0v) is 6.51. The average Bonchev–Trinajstić information content (AvgIpc) is 1.95. The van der Waals surface area contributed by atoms with Crippen LogP contribution >= 0.6 is 0 Å². The molecule has 0 spiro atoms. The van der Waals surface area contributed by atoms with Crippen LogP contribution in [0.5, 0.6) is 5.88 Å². The second-order valence-electron chi connectivity index (χ2n) is 2.26. The molecule has 1 aromatic heterocycles. The molecule has 0 saturated carbocycles. The predicted molar refractivity (Wildman–Crippen MR) is 40.3 cm³/mol. The molecule has 0 N–H and O–H groups in total. The van der Waals surface area contributed by atoms with Crippen molar-refractivity contribution in [1.29, 1.82) is 0 Å². The minimum absolute atomic E-state index is 0.722. The normalized spacial score (nSPS) is 9.50. The molecule has 0 aliphatic rings. The maximum Gasteiger partial charge on any atom is 0.216 e. The van der Waals surface area contributed by atoms with E-state index in [1.54, 1.807) is 13.3 Å². The van der Waals surface area contributed by atoms with Gasteiger partial charge in [0.05, 0.1) is 7.11 Å². The van der Waals surface area contributed by atoms with Gasteiger partial charge in [-0.15, -0.1) is 0 Å².